The Hall–Kier alpha value is -4.08. The number of fused-ring (bicyclic) bond motifs is 3. The van der Waals surface area contributed by atoms with E-state index in [2.05, 4.69) is 84.9 Å². The fraction of sp³-hybridized carbons (Fsp3) is 0.351. The molecule has 4 heterocycles. The maximum Gasteiger partial charge on any atom is 0.119 e. The van der Waals surface area contributed by atoms with Crippen LogP contribution in [0.15, 0.2) is 84.9 Å². The van der Waals surface area contributed by atoms with E-state index in [0.29, 0.717) is 26.4 Å². The number of hydrogen-bond acceptors (Lipinski definition) is 8. The molecule has 8 nitrogen and oxygen atoms in total. The summed E-state index contributed by atoms with van der Waals surface area (Å²) in [6.45, 7) is 5.20. The molecule has 0 radical (unpaired) electrons. The van der Waals surface area contributed by atoms with Gasteiger partial charge in [0.15, 0.2) is 0 Å². The summed E-state index contributed by atoms with van der Waals surface area (Å²) in [7, 11) is 0. The first kappa shape index (κ1) is 27.2. The minimum Gasteiger partial charge on any atom is -0.491 e. The number of benzene rings is 4. The van der Waals surface area contributed by atoms with Gasteiger partial charge in [-0.2, -0.15) is 0 Å². The van der Waals surface area contributed by atoms with E-state index in [9.17, 15) is 0 Å². The predicted molar refractivity (Wildman–Crippen MR) is 165 cm³/mol. The maximum absolute atomic E-state index is 6.25. The molecule has 4 aromatic rings. The van der Waals surface area contributed by atoms with E-state index in [1.807, 2.05) is 0 Å². The van der Waals surface area contributed by atoms with E-state index < -0.39 is 5.41 Å². The molecular formula is C37H34O8. The molecule has 0 amide bonds. The van der Waals surface area contributed by atoms with Gasteiger partial charge in [-0.25, -0.2) is 0 Å². The zero-order chi connectivity index (χ0) is 29.8. The standard InChI is InChI=1S/C37H34O8/c1-5-25(38-15-29-19-42-29)6-2-23(1)37(24-3-7-26(8-4-24)39-16-30-20-43-30)35-13-27(40-17-31-21-44-31)9-11-33(35)34-12-10-28(14-36(34)37)41-18-32-22-45-32/h1-14,29-32H,15-22H2. The minimum absolute atomic E-state index is 0.164. The summed E-state index contributed by atoms with van der Waals surface area (Å²) in [6, 6.07) is 29.8. The Labute approximate surface area is 261 Å². The van der Waals surface area contributed by atoms with Gasteiger partial charge in [0.25, 0.3) is 0 Å². The summed E-state index contributed by atoms with van der Waals surface area (Å²) in [4.78, 5) is 0. The molecule has 9 rings (SSSR count). The molecule has 4 saturated heterocycles. The molecule has 5 aliphatic rings. The van der Waals surface area contributed by atoms with Crippen molar-refractivity contribution in [1.29, 1.82) is 0 Å². The van der Waals surface area contributed by atoms with Crippen LogP contribution in [-0.4, -0.2) is 77.3 Å². The van der Waals surface area contributed by atoms with Crippen molar-refractivity contribution in [3.8, 4) is 34.1 Å². The van der Waals surface area contributed by atoms with Gasteiger partial charge < -0.3 is 37.9 Å². The molecule has 4 aliphatic heterocycles. The van der Waals surface area contributed by atoms with Gasteiger partial charge in [0, 0.05) is 0 Å². The first-order chi connectivity index (χ1) is 22.2. The molecule has 0 N–H and O–H groups in total. The molecule has 4 atom stereocenters. The van der Waals surface area contributed by atoms with Crippen LogP contribution >= 0.6 is 0 Å². The van der Waals surface area contributed by atoms with Gasteiger partial charge in [0.2, 0.25) is 0 Å². The van der Waals surface area contributed by atoms with E-state index in [1.54, 1.807) is 0 Å². The molecular weight excluding hydrogens is 572 g/mol. The van der Waals surface area contributed by atoms with Gasteiger partial charge in [0.1, 0.15) is 73.8 Å². The highest BCUT2D eigenvalue weighted by Gasteiger charge is 2.47. The smallest absolute Gasteiger partial charge is 0.119 e. The summed E-state index contributed by atoms with van der Waals surface area (Å²) in [5.74, 6) is 3.27. The highest BCUT2D eigenvalue weighted by molar-refractivity contribution is 5.87. The number of epoxide rings is 4. The lowest BCUT2D eigenvalue weighted by atomic mass is 9.67. The average molecular weight is 607 g/mol. The monoisotopic (exact) mass is 606 g/mol. The lowest BCUT2D eigenvalue weighted by Crippen LogP contribution is -2.28. The molecule has 45 heavy (non-hydrogen) atoms. The lowest BCUT2D eigenvalue weighted by molar-refractivity contribution is 0.262. The van der Waals surface area contributed by atoms with E-state index in [4.69, 9.17) is 37.9 Å². The van der Waals surface area contributed by atoms with Gasteiger partial charge in [-0.15, -0.1) is 0 Å². The van der Waals surface area contributed by atoms with E-state index in [-0.39, 0.29) is 24.4 Å². The van der Waals surface area contributed by atoms with Crippen LogP contribution < -0.4 is 18.9 Å². The fourth-order valence-corrected chi connectivity index (χ4v) is 6.27. The van der Waals surface area contributed by atoms with E-state index in [1.165, 1.54) is 0 Å². The number of hydrogen-bond donors (Lipinski definition) is 0. The van der Waals surface area contributed by atoms with Crippen molar-refractivity contribution >= 4 is 0 Å². The number of ether oxygens (including phenoxy) is 8. The molecule has 0 bridgehead atoms. The summed E-state index contributed by atoms with van der Waals surface area (Å²) < 4.78 is 46.1. The third-order valence-electron chi connectivity index (χ3n) is 9.01. The highest BCUT2D eigenvalue weighted by atomic mass is 16.6. The van der Waals surface area contributed by atoms with Crippen molar-refractivity contribution in [2.45, 2.75) is 29.8 Å². The maximum atomic E-state index is 6.25. The quantitative estimate of drug-likeness (QED) is 0.160. The topological polar surface area (TPSA) is 87.0 Å². The molecule has 4 aromatic carbocycles. The summed E-state index contributed by atoms with van der Waals surface area (Å²) in [5, 5.41) is 0. The molecule has 8 heteroatoms. The van der Waals surface area contributed by atoms with Gasteiger partial charge >= 0.3 is 0 Å². The van der Waals surface area contributed by atoms with Crippen LogP contribution in [0.5, 0.6) is 23.0 Å². The van der Waals surface area contributed by atoms with Gasteiger partial charge in [-0.1, -0.05) is 36.4 Å². The summed E-state index contributed by atoms with van der Waals surface area (Å²) in [5.41, 5.74) is 6.19. The van der Waals surface area contributed by atoms with Crippen molar-refractivity contribution in [2.75, 3.05) is 52.9 Å². The molecule has 230 valence electrons. The van der Waals surface area contributed by atoms with Crippen molar-refractivity contribution < 1.29 is 37.9 Å². The second-order valence-corrected chi connectivity index (χ2v) is 12.3. The van der Waals surface area contributed by atoms with Gasteiger partial charge in [0.05, 0.1) is 31.8 Å². The van der Waals surface area contributed by atoms with Gasteiger partial charge in [-0.3, -0.25) is 0 Å². The Balaban J connectivity index is 1.18. The third-order valence-corrected chi connectivity index (χ3v) is 9.01. The van der Waals surface area contributed by atoms with Crippen LogP contribution in [-0.2, 0) is 24.4 Å². The fourth-order valence-electron chi connectivity index (χ4n) is 6.27. The summed E-state index contributed by atoms with van der Waals surface area (Å²) >= 11 is 0. The van der Waals surface area contributed by atoms with E-state index >= 15 is 0 Å². The minimum atomic E-state index is -0.661. The van der Waals surface area contributed by atoms with Crippen molar-refractivity contribution in [2.24, 2.45) is 0 Å². The SMILES string of the molecule is c1cc(C2(c3ccc(OCC4CO4)cc3)c3cc(OCC4CO4)ccc3-c3ccc(OCC4CO4)cc32)ccc1OCC1CO1. The largest absolute Gasteiger partial charge is 0.491 e. The third kappa shape index (κ3) is 5.53. The Morgan fingerprint density at radius 3 is 1.09 bits per heavy atom. The Bertz CT molecular complexity index is 1560. The normalized spacial score (nSPS) is 26.4. The molecule has 4 fully saturated rings. The summed E-state index contributed by atoms with van der Waals surface area (Å²) in [6.07, 6.45) is 0.710. The molecule has 1 aliphatic carbocycles. The van der Waals surface area contributed by atoms with Crippen LogP contribution in [0.4, 0.5) is 0 Å². The van der Waals surface area contributed by atoms with Gasteiger partial charge in [-0.05, 0) is 81.9 Å². The van der Waals surface area contributed by atoms with Crippen molar-refractivity contribution in [3.05, 3.63) is 107 Å². The molecule has 0 saturated carbocycles. The van der Waals surface area contributed by atoms with Crippen LogP contribution in [0.25, 0.3) is 11.1 Å². The molecule has 4 unspecified atom stereocenters. The van der Waals surface area contributed by atoms with Crippen molar-refractivity contribution in [1.82, 2.24) is 0 Å². The zero-order valence-corrected chi connectivity index (χ0v) is 24.8. The molecule has 0 aromatic heterocycles. The van der Waals surface area contributed by atoms with Crippen LogP contribution in [0.1, 0.15) is 22.3 Å². The second-order valence-electron chi connectivity index (χ2n) is 12.3. The highest BCUT2D eigenvalue weighted by Crippen LogP contribution is 2.57. The average Bonchev–Trinajstić information content (AvgIpc) is 3.88. The van der Waals surface area contributed by atoms with Crippen molar-refractivity contribution in [3.63, 3.8) is 0 Å². The second kappa shape index (κ2) is 11.1. The van der Waals surface area contributed by atoms with E-state index in [0.717, 1.165) is 82.8 Å². The Morgan fingerprint density at radius 1 is 0.444 bits per heavy atom. The number of rotatable bonds is 14. The molecule has 0 spiro atoms. The zero-order valence-electron chi connectivity index (χ0n) is 24.8. The Morgan fingerprint density at radius 2 is 0.756 bits per heavy atom. The van der Waals surface area contributed by atoms with Crippen LogP contribution in [0.3, 0.4) is 0 Å². The first-order valence-electron chi connectivity index (χ1n) is 15.7. The Kier molecular flexibility index (Phi) is 6.70. The van der Waals surface area contributed by atoms with Crippen LogP contribution in [0, 0.1) is 0 Å². The predicted octanol–water partition coefficient (Wildman–Crippen LogP) is 5.16. The first-order valence-corrected chi connectivity index (χ1v) is 15.7. The lowest BCUT2D eigenvalue weighted by Gasteiger charge is -2.34. The van der Waals surface area contributed by atoms with Crippen LogP contribution in [0.2, 0.25) is 0 Å².